The number of hydrogen-bond donors (Lipinski definition) is 3. The van der Waals surface area contributed by atoms with E-state index in [0.29, 0.717) is 34.3 Å². The summed E-state index contributed by atoms with van der Waals surface area (Å²) in [7, 11) is 0. The minimum atomic E-state index is -0.656. The first kappa shape index (κ1) is 31.1. The molecule has 46 heavy (non-hydrogen) atoms. The van der Waals surface area contributed by atoms with Crippen molar-refractivity contribution in [2.24, 2.45) is 0 Å². The van der Waals surface area contributed by atoms with Gasteiger partial charge >= 0.3 is 6.03 Å². The Morgan fingerprint density at radius 1 is 0.804 bits per heavy atom. The van der Waals surface area contributed by atoms with Gasteiger partial charge < -0.3 is 35.2 Å². The standard InChI is InChI=1S/C36H33N3O6S/c40-23-25-9-11-26(12-10-25)33-22-32(24-46-34-8-4-5-21-39(34)42)44-35(45-33)27-13-15-28(16-14-27)37-36(41)38-29-17-19-31(20-18-29)43-30-6-2-1-3-7-30/h1-21,32-33,35,40H,22-24H2,(H2,37,38,41). The molecule has 0 saturated carbocycles. The molecule has 0 bridgehead atoms. The minimum absolute atomic E-state index is 0.0303. The largest absolute Gasteiger partial charge is 0.618 e. The number of carbonyl (C=O) groups is 1. The summed E-state index contributed by atoms with van der Waals surface area (Å²) >= 11 is 1.44. The Balaban J connectivity index is 1.09. The Kier molecular flexibility index (Phi) is 10.1. The number of aromatic nitrogens is 1. The second-order valence-corrected chi connectivity index (χ2v) is 11.7. The van der Waals surface area contributed by atoms with Crippen LogP contribution in [0.25, 0.3) is 0 Å². The van der Waals surface area contributed by atoms with Gasteiger partial charge in [-0.1, -0.05) is 66.4 Å². The van der Waals surface area contributed by atoms with Crippen LogP contribution in [-0.2, 0) is 16.1 Å². The van der Waals surface area contributed by atoms with Crippen LogP contribution in [0.2, 0.25) is 0 Å². The summed E-state index contributed by atoms with van der Waals surface area (Å²) in [5, 5.41) is 27.9. The van der Waals surface area contributed by atoms with Crippen LogP contribution in [0.15, 0.2) is 133 Å². The lowest BCUT2D eigenvalue weighted by atomic mass is 10.0. The Labute approximate surface area is 271 Å². The van der Waals surface area contributed by atoms with Crippen LogP contribution < -0.4 is 20.1 Å². The average molecular weight is 636 g/mol. The molecule has 1 aliphatic rings. The molecule has 2 amide bonds. The molecule has 3 N–H and O–H groups in total. The van der Waals surface area contributed by atoms with Gasteiger partial charge in [0.25, 0.3) is 5.03 Å². The van der Waals surface area contributed by atoms with Gasteiger partial charge in [-0.3, -0.25) is 0 Å². The second kappa shape index (κ2) is 14.9. The number of urea groups is 1. The molecular weight excluding hydrogens is 602 g/mol. The maximum Gasteiger partial charge on any atom is 0.323 e. The predicted octanol–water partition coefficient (Wildman–Crippen LogP) is 7.59. The fraction of sp³-hybridized carbons (Fsp3) is 0.167. The lowest BCUT2D eigenvalue weighted by molar-refractivity contribution is -0.645. The van der Waals surface area contributed by atoms with Crippen LogP contribution >= 0.6 is 11.8 Å². The SMILES string of the molecule is O=C(Nc1ccc(Oc2ccccc2)cc1)Nc1ccc(C2OC(CSc3cccc[n+]3[O-])CC(c3ccc(CO)cc3)O2)cc1. The molecule has 0 spiro atoms. The average Bonchev–Trinajstić information content (AvgIpc) is 3.09. The lowest BCUT2D eigenvalue weighted by Gasteiger charge is -2.36. The van der Waals surface area contributed by atoms with Crippen LogP contribution in [-0.4, -0.2) is 23.0 Å². The van der Waals surface area contributed by atoms with Gasteiger partial charge in [0, 0.05) is 41.2 Å². The van der Waals surface area contributed by atoms with Crippen LogP contribution in [0.4, 0.5) is 16.2 Å². The van der Waals surface area contributed by atoms with E-state index in [1.807, 2.05) is 72.8 Å². The Hall–Kier alpha value is -4.87. The van der Waals surface area contributed by atoms with Crippen molar-refractivity contribution in [2.45, 2.75) is 36.6 Å². The molecule has 2 heterocycles. The topological polar surface area (TPSA) is 116 Å². The third kappa shape index (κ3) is 8.23. The van der Waals surface area contributed by atoms with E-state index >= 15 is 0 Å². The van der Waals surface area contributed by atoms with E-state index < -0.39 is 6.29 Å². The fourth-order valence-electron chi connectivity index (χ4n) is 4.97. The summed E-state index contributed by atoms with van der Waals surface area (Å²) in [6.45, 7) is -0.0303. The van der Waals surface area contributed by atoms with Crippen molar-refractivity contribution in [2.75, 3.05) is 16.4 Å². The van der Waals surface area contributed by atoms with Gasteiger partial charge in [-0.05, 0) is 65.7 Å². The first-order chi connectivity index (χ1) is 22.5. The van der Waals surface area contributed by atoms with Gasteiger partial charge in [0.15, 0.2) is 12.5 Å². The molecule has 0 aliphatic carbocycles. The van der Waals surface area contributed by atoms with Crippen molar-refractivity contribution in [1.29, 1.82) is 0 Å². The third-order valence-electron chi connectivity index (χ3n) is 7.35. The van der Waals surface area contributed by atoms with Gasteiger partial charge in [0.2, 0.25) is 0 Å². The van der Waals surface area contributed by atoms with E-state index in [-0.39, 0.29) is 24.8 Å². The lowest BCUT2D eigenvalue weighted by Crippen LogP contribution is -2.32. The number of aliphatic hydroxyl groups is 1. The number of benzene rings is 4. The van der Waals surface area contributed by atoms with Gasteiger partial charge in [0.1, 0.15) is 11.5 Å². The van der Waals surface area contributed by atoms with E-state index in [2.05, 4.69) is 10.6 Å². The molecule has 9 nitrogen and oxygen atoms in total. The summed E-state index contributed by atoms with van der Waals surface area (Å²) in [5.74, 6) is 1.97. The molecule has 3 unspecified atom stereocenters. The maximum atomic E-state index is 12.7. The van der Waals surface area contributed by atoms with Crippen LogP contribution in [0, 0.1) is 5.21 Å². The number of hydrogen-bond acceptors (Lipinski definition) is 7. The quantitative estimate of drug-likeness (QED) is 0.0823. The maximum absolute atomic E-state index is 12.7. The van der Waals surface area contributed by atoms with Gasteiger partial charge in [0.05, 0.1) is 18.8 Å². The van der Waals surface area contributed by atoms with E-state index in [1.54, 1.807) is 48.5 Å². The van der Waals surface area contributed by atoms with Crippen molar-refractivity contribution >= 4 is 29.2 Å². The van der Waals surface area contributed by atoms with Crippen LogP contribution in [0.5, 0.6) is 11.5 Å². The van der Waals surface area contributed by atoms with E-state index in [9.17, 15) is 15.1 Å². The number of para-hydroxylation sites is 1. The van der Waals surface area contributed by atoms with E-state index in [1.165, 1.54) is 18.0 Å². The molecule has 1 saturated heterocycles. The molecule has 1 fully saturated rings. The Bertz CT molecular complexity index is 1720. The highest BCUT2D eigenvalue weighted by atomic mass is 32.2. The monoisotopic (exact) mass is 635 g/mol. The van der Waals surface area contributed by atoms with Gasteiger partial charge in [-0.15, -0.1) is 0 Å². The summed E-state index contributed by atoms with van der Waals surface area (Å²) in [6, 6.07) is 36.6. The number of pyridine rings is 1. The molecule has 0 radical (unpaired) electrons. The number of aliphatic hydroxyl groups excluding tert-OH is 1. The number of nitrogens with one attached hydrogen (secondary N) is 2. The Morgan fingerprint density at radius 2 is 1.43 bits per heavy atom. The molecule has 5 aromatic rings. The molecule has 234 valence electrons. The number of rotatable bonds is 10. The zero-order valence-corrected chi connectivity index (χ0v) is 25.6. The van der Waals surface area contributed by atoms with E-state index in [4.69, 9.17) is 14.2 Å². The van der Waals surface area contributed by atoms with Gasteiger partial charge in [-0.25, -0.2) is 4.79 Å². The number of nitrogens with zero attached hydrogens (tertiary/aromatic N) is 1. The summed E-state index contributed by atoms with van der Waals surface area (Å²) in [6.07, 6.45) is 0.985. The zero-order valence-electron chi connectivity index (χ0n) is 24.8. The van der Waals surface area contributed by atoms with Crippen molar-refractivity contribution in [1.82, 2.24) is 0 Å². The normalized spacial score (nSPS) is 17.6. The van der Waals surface area contributed by atoms with Crippen molar-refractivity contribution in [3.05, 3.63) is 149 Å². The fourth-order valence-corrected chi connectivity index (χ4v) is 5.91. The Morgan fingerprint density at radius 3 is 2.11 bits per heavy atom. The minimum Gasteiger partial charge on any atom is -0.618 e. The number of thioether (sulfide) groups is 1. The van der Waals surface area contributed by atoms with Crippen molar-refractivity contribution in [3.8, 4) is 11.5 Å². The highest BCUT2D eigenvalue weighted by Gasteiger charge is 2.32. The first-order valence-corrected chi connectivity index (χ1v) is 15.8. The zero-order chi connectivity index (χ0) is 31.7. The summed E-state index contributed by atoms with van der Waals surface area (Å²) in [4.78, 5) is 12.7. The van der Waals surface area contributed by atoms with Crippen molar-refractivity contribution in [3.63, 3.8) is 0 Å². The summed E-state index contributed by atoms with van der Waals surface area (Å²) in [5.41, 5.74) is 3.83. The highest BCUT2D eigenvalue weighted by molar-refractivity contribution is 7.99. The molecule has 10 heteroatoms. The molecule has 4 aromatic carbocycles. The summed E-state index contributed by atoms with van der Waals surface area (Å²) < 4.78 is 19.4. The van der Waals surface area contributed by atoms with Crippen molar-refractivity contribution < 1.29 is 28.8 Å². The molecule has 6 rings (SSSR count). The van der Waals surface area contributed by atoms with Gasteiger partial charge in [-0.2, -0.15) is 4.73 Å². The number of amides is 2. The van der Waals surface area contributed by atoms with Crippen LogP contribution in [0.1, 0.15) is 35.5 Å². The molecule has 3 atom stereocenters. The number of carbonyl (C=O) groups excluding carboxylic acids is 1. The van der Waals surface area contributed by atoms with Crippen LogP contribution in [0.3, 0.4) is 0 Å². The molecular formula is C36H33N3O6S. The predicted molar refractivity (Wildman–Crippen MR) is 177 cm³/mol. The molecule has 1 aliphatic heterocycles. The van der Waals surface area contributed by atoms with E-state index in [0.717, 1.165) is 27.2 Å². The first-order valence-electron chi connectivity index (χ1n) is 14.8. The number of ether oxygens (including phenoxy) is 3. The number of anilines is 2. The third-order valence-corrected chi connectivity index (χ3v) is 8.50. The second-order valence-electron chi connectivity index (χ2n) is 10.7. The molecule has 1 aromatic heterocycles. The smallest absolute Gasteiger partial charge is 0.323 e. The highest BCUT2D eigenvalue weighted by Crippen LogP contribution is 2.39.